The van der Waals surface area contributed by atoms with Gasteiger partial charge in [0.2, 0.25) is 17.7 Å². The zero-order chi connectivity index (χ0) is 19.5. The van der Waals surface area contributed by atoms with Crippen LogP contribution in [-0.4, -0.2) is 51.9 Å². The van der Waals surface area contributed by atoms with Gasteiger partial charge in [0.1, 0.15) is 12.6 Å². The fourth-order valence-corrected chi connectivity index (χ4v) is 3.31. The van der Waals surface area contributed by atoms with Crippen LogP contribution in [0, 0.1) is 0 Å². The quantitative estimate of drug-likeness (QED) is 0.657. The van der Waals surface area contributed by atoms with Crippen LogP contribution in [0.15, 0.2) is 45.6 Å². The molecular formula is C19H20N4O5. The van der Waals surface area contributed by atoms with E-state index in [1.807, 2.05) is 0 Å². The number of carbonyl (C=O) groups excluding carboxylic acids is 1. The predicted molar refractivity (Wildman–Crippen MR) is 99.3 cm³/mol. The number of hydrogen-bond donors (Lipinski definition) is 0. The van der Waals surface area contributed by atoms with Gasteiger partial charge in [-0.1, -0.05) is 12.1 Å². The van der Waals surface area contributed by atoms with Gasteiger partial charge in [0.25, 0.3) is 0 Å². The second-order valence-corrected chi connectivity index (χ2v) is 6.56. The summed E-state index contributed by atoms with van der Waals surface area (Å²) in [6.45, 7) is 0.986. The highest BCUT2D eigenvalue weighted by atomic mass is 16.5. The Hall–Kier alpha value is -3.36. The minimum Gasteiger partial charge on any atom is -0.480 e. The second kappa shape index (κ2) is 7.71. The minimum absolute atomic E-state index is 0.0646. The first-order chi connectivity index (χ1) is 13.6. The molecule has 1 saturated heterocycles. The number of hydrogen-bond acceptors (Lipinski definition) is 7. The number of amides is 1. The Morgan fingerprint density at radius 2 is 2.00 bits per heavy atom. The van der Waals surface area contributed by atoms with Crippen LogP contribution in [0.4, 0.5) is 0 Å². The molecule has 0 saturated carbocycles. The number of nitrogens with zero attached hydrogens (tertiary/aromatic N) is 4. The van der Waals surface area contributed by atoms with Crippen molar-refractivity contribution in [3.63, 3.8) is 0 Å². The van der Waals surface area contributed by atoms with Crippen LogP contribution in [0.3, 0.4) is 0 Å². The Morgan fingerprint density at radius 1 is 1.21 bits per heavy atom. The lowest BCUT2D eigenvalue weighted by molar-refractivity contribution is -0.134. The molecule has 1 fully saturated rings. The average Bonchev–Trinajstić information content (AvgIpc) is 3.04. The maximum atomic E-state index is 12.8. The Labute approximate surface area is 160 Å². The fraction of sp³-hybridized carbons (Fsp3) is 0.368. The van der Waals surface area contributed by atoms with E-state index in [0.717, 1.165) is 12.8 Å². The van der Waals surface area contributed by atoms with Crippen LogP contribution in [0.5, 0.6) is 11.8 Å². The Bertz CT molecular complexity index is 1030. The van der Waals surface area contributed by atoms with E-state index in [0.29, 0.717) is 35.9 Å². The molecule has 28 heavy (non-hydrogen) atoms. The molecule has 0 spiro atoms. The maximum Gasteiger partial charge on any atom is 0.420 e. The number of oxazole rings is 1. The normalized spacial score (nSPS) is 16.9. The molecule has 0 radical (unpaired) electrons. The Kier molecular flexibility index (Phi) is 4.96. The van der Waals surface area contributed by atoms with Gasteiger partial charge >= 0.3 is 5.76 Å². The molecule has 146 valence electrons. The molecule has 1 aliphatic heterocycles. The zero-order valence-electron chi connectivity index (χ0n) is 15.4. The SMILES string of the molecule is COc1ccc(OC2CCCN(C(=O)Cn3c(=O)oc4ccccc43)C2)nn1. The van der Waals surface area contributed by atoms with E-state index in [1.165, 1.54) is 11.7 Å². The Balaban J connectivity index is 1.42. The van der Waals surface area contributed by atoms with Crippen LogP contribution in [0.1, 0.15) is 12.8 Å². The van der Waals surface area contributed by atoms with Crippen LogP contribution in [0.2, 0.25) is 0 Å². The fourth-order valence-electron chi connectivity index (χ4n) is 3.31. The number of para-hydroxylation sites is 2. The molecule has 3 aromatic rings. The first kappa shape index (κ1) is 18.0. The van der Waals surface area contributed by atoms with Gasteiger partial charge in [0, 0.05) is 18.7 Å². The van der Waals surface area contributed by atoms with Crippen molar-refractivity contribution in [2.45, 2.75) is 25.5 Å². The number of benzene rings is 1. The average molecular weight is 384 g/mol. The number of fused-ring (bicyclic) bond motifs is 1. The third kappa shape index (κ3) is 3.68. The number of ether oxygens (including phenoxy) is 2. The van der Waals surface area contributed by atoms with Crippen LogP contribution >= 0.6 is 0 Å². The molecule has 1 atom stereocenters. The molecule has 0 aliphatic carbocycles. The number of methoxy groups -OCH3 is 1. The van der Waals surface area contributed by atoms with Gasteiger partial charge < -0.3 is 18.8 Å². The van der Waals surface area contributed by atoms with Crippen molar-refractivity contribution in [3.8, 4) is 11.8 Å². The predicted octanol–water partition coefficient (Wildman–Crippen LogP) is 1.46. The standard InChI is InChI=1S/C19H20N4O5/c1-26-16-8-9-17(21-20-16)27-13-5-4-10-22(11-13)18(24)12-23-14-6-2-3-7-15(14)28-19(23)25/h2-3,6-9,13H,4-5,10-12H2,1H3. The molecule has 9 heteroatoms. The van der Waals surface area contributed by atoms with E-state index >= 15 is 0 Å². The lowest BCUT2D eigenvalue weighted by Gasteiger charge is -2.32. The summed E-state index contributed by atoms with van der Waals surface area (Å²) in [6, 6.07) is 10.4. The molecule has 4 rings (SSSR count). The molecule has 1 unspecified atom stereocenters. The van der Waals surface area contributed by atoms with Gasteiger partial charge in [-0.3, -0.25) is 9.36 Å². The first-order valence-corrected chi connectivity index (χ1v) is 9.04. The summed E-state index contributed by atoms with van der Waals surface area (Å²) in [5.41, 5.74) is 1.08. The number of carbonyl (C=O) groups is 1. The highest BCUT2D eigenvalue weighted by Crippen LogP contribution is 2.18. The molecule has 1 amide bonds. The van der Waals surface area contributed by atoms with Gasteiger partial charge in [-0.2, -0.15) is 0 Å². The van der Waals surface area contributed by atoms with Crippen molar-refractivity contribution in [1.82, 2.24) is 19.7 Å². The Morgan fingerprint density at radius 3 is 2.79 bits per heavy atom. The van der Waals surface area contributed by atoms with Crippen molar-refractivity contribution >= 4 is 17.0 Å². The van der Waals surface area contributed by atoms with Crippen molar-refractivity contribution in [1.29, 1.82) is 0 Å². The highest BCUT2D eigenvalue weighted by molar-refractivity contribution is 5.79. The number of likely N-dealkylation sites (tertiary alicyclic amines) is 1. The largest absolute Gasteiger partial charge is 0.480 e. The third-order valence-corrected chi connectivity index (χ3v) is 4.71. The van der Waals surface area contributed by atoms with Crippen LogP contribution in [-0.2, 0) is 11.3 Å². The summed E-state index contributed by atoms with van der Waals surface area (Å²) in [5, 5.41) is 7.84. The van der Waals surface area contributed by atoms with E-state index < -0.39 is 5.76 Å². The van der Waals surface area contributed by atoms with Gasteiger partial charge in [-0.15, -0.1) is 10.2 Å². The van der Waals surface area contributed by atoms with Crippen molar-refractivity contribution < 1.29 is 18.7 Å². The van der Waals surface area contributed by atoms with Crippen molar-refractivity contribution in [3.05, 3.63) is 46.9 Å². The van der Waals surface area contributed by atoms with E-state index in [-0.39, 0.29) is 18.6 Å². The number of rotatable bonds is 5. The molecule has 1 aromatic carbocycles. The maximum absolute atomic E-state index is 12.8. The molecule has 1 aliphatic rings. The second-order valence-electron chi connectivity index (χ2n) is 6.56. The van der Waals surface area contributed by atoms with Crippen molar-refractivity contribution in [2.75, 3.05) is 20.2 Å². The number of aromatic nitrogens is 3. The monoisotopic (exact) mass is 384 g/mol. The summed E-state index contributed by atoms with van der Waals surface area (Å²) in [4.78, 5) is 26.6. The molecule has 2 aromatic heterocycles. The summed E-state index contributed by atoms with van der Waals surface area (Å²) >= 11 is 0. The van der Waals surface area contributed by atoms with Crippen LogP contribution < -0.4 is 15.2 Å². The number of piperidine rings is 1. The topological polar surface area (TPSA) is 99.7 Å². The summed E-state index contributed by atoms with van der Waals surface area (Å²) in [7, 11) is 1.52. The van der Waals surface area contributed by atoms with Gasteiger partial charge in [0.15, 0.2) is 5.58 Å². The molecule has 9 nitrogen and oxygen atoms in total. The lowest BCUT2D eigenvalue weighted by Crippen LogP contribution is -2.46. The van der Waals surface area contributed by atoms with E-state index in [4.69, 9.17) is 13.9 Å². The van der Waals surface area contributed by atoms with E-state index in [1.54, 1.807) is 41.3 Å². The molecular weight excluding hydrogens is 364 g/mol. The van der Waals surface area contributed by atoms with Gasteiger partial charge in [0.05, 0.1) is 19.2 Å². The van der Waals surface area contributed by atoms with Crippen LogP contribution in [0.25, 0.3) is 11.1 Å². The van der Waals surface area contributed by atoms with Gasteiger partial charge in [-0.05, 0) is 25.0 Å². The summed E-state index contributed by atoms with van der Waals surface area (Å²) in [5.74, 6) is 0.110. The van der Waals surface area contributed by atoms with Gasteiger partial charge in [-0.25, -0.2) is 4.79 Å². The summed E-state index contributed by atoms with van der Waals surface area (Å²) < 4.78 is 17.4. The van der Waals surface area contributed by atoms with E-state index in [2.05, 4.69) is 10.2 Å². The molecule has 3 heterocycles. The van der Waals surface area contributed by atoms with E-state index in [9.17, 15) is 9.59 Å². The first-order valence-electron chi connectivity index (χ1n) is 9.04. The third-order valence-electron chi connectivity index (χ3n) is 4.71. The lowest BCUT2D eigenvalue weighted by atomic mass is 10.1. The smallest absolute Gasteiger partial charge is 0.420 e. The minimum atomic E-state index is -0.534. The molecule has 0 bridgehead atoms. The molecule has 0 N–H and O–H groups in total. The zero-order valence-corrected chi connectivity index (χ0v) is 15.4. The van der Waals surface area contributed by atoms with Crippen molar-refractivity contribution in [2.24, 2.45) is 0 Å². The highest BCUT2D eigenvalue weighted by Gasteiger charge is 2.26. The summed E-state index contributed by atoms with van der Waals surface area (Å²) in [6.07, 6.45) is 1.44.